The molecule has 1 fully saturated rings. The van der Waals surface area contributed by atoms with E-state index in [-0.39, 0.29) is 11.3 Å². The molecule has 0 aromatic heterocycles. The zero-order valence-corrected chi connectivity index (χ0v) is 10.9. The SMILES string of the molecule is CNCC1CCN(c2c(F)cc(C#N)cc2F)CC1. The molecule has 1 aliphatic heterocycles. The van der Waals surface area contributed by atoms with Gasteiger partial charge in [0.25, 0.3) is 0 Å². The van der Waals surface area contributed by atoms with Gasteiger partial charge in [-0.15, -0.1) is 0 Å². The van der Waals surface area contributed by atoms with E-state index in [1.54, 1.807) is 11.0 Å². The first kappa shape index (κ1) is 13.8. The molecule has 0 bridgehead atoms. The van der Waals surface area contributed by atoms with Crippen LogP contribution in [-0.2, 0) is 0 Å². The Kier molecular flexibility index (Phi) is 4.33. The zero-order valence-electron chi connectivity index (χ0n) is 10.9. The molecule has 1 heterocycles. The zero-order chi connectivity index (χ0) is 13.8. The summed E-state index contributed by atoms with van der Waals surface area (Å²) in [6, 6.07) is 3.95. The van der Waals surface area contributed by atoms with Crippen molar-refractivity contribution in [1.82, 2.24) is 5.32 Å². The Morgan fingerprint density at radius 3 is 2.37 bits per heavy atom. The molecule has 0 atom stereocenters. The highest BCUT2D eigenvalue weighted by Crippen LogP contribution is 2.28. The van der Waals surface area contributed by atoms with E-state index in [1.807, 2.05) is 7.05 Å². The predicted octanol–water partition coefficient (Wildman–Crippen LogP) is 2.27. The van der Waals surface area contributed by atoms with Crippen LogP contribution < -0.4 is 10.2 Å². The van der Waals surface area contributed by atoms with Crippen LogP contribution >= 0.6 is 0 Å². The van der Waals surface area contributed by atoms with Crippen molar-refractivity contribution in [3.05, 3.63) is 29.3 Å². The Morgan fingerprint density at radius 1 is 1.32 bits per heavy atom. The van der Waals surface area contributed by atoms with E-state index >= 15 is 0 Å². The van der Waals surface area contributed by atoms with Crippen molar-refractivity contribution in [2.75, 3.05) is 31.6 Å². The maximum Gasteiger partial charge on any atom is 0.150 e. The van der Waals surface area contributed by atoms with E-state index in [9.17, 15) is 8.78 Å². The van der Waals surface area contributed by atoms with Gasteiger partial charge in [0.05, 0.1) is 11.6 Å². The molecule has 5 heteroatoms. The minimum atomic E-state index is -0.649. The largest absolute Gasteiger partial charge is 0.367 e. The second kappa shape index (κ2) is 5.98. The van der Waals surface area contributed by atoms with Crippen molar-refractivity contribution in [1.29, 1.82) is 5.26 Å². The van der Waals surface area contributed by atoms with Crippen LogP contribution in [0.2, 0.25) is 0 Å². The average Bonchev–Trinajstić information content (AvgIpc) is 2.40. The fourth-order valence-electron chi connectivity index (χ4n) is 2.58. The molecule has 102 valence electrons. The Balaban J connectivity index is 2.14. The third kappa shape index (κ3) is 3.02. The molecule has 0 unspecified atom stereocenters. The maximum absolute atomic E-state index is 13.9. The highest BCUT2D eigenvalue weighted by atomic mass is 19.1. The number of hydrogen-bond acceptors (Lipinski definition) is 3. The second-order valence-corrected chi connectivity index (χ2v) is 4.89. The summed E-state index contributed by atoms with van der Waals surface area (Å²) in [5.74, 6) is -0.738. The predicted molar refractivity (Wildman–Crippen MR) is 69.9 cm³/mol. The molecule has 3 nitrogen and oxygen atoms in total. The summed E-state index contributed by atoms with van der Waals surface area (Å²) in [4.78, 5) is 1.73. The molecule has 0 amide bonds. The molecular weight excluding hydrogens is 248 g/mol. The molecule has 1 aromatic carbocycles. The first-order chi connectivity index (χ1) is 9.15. The van der Waals surface area contributed by atoms with Gasteiger partial charge in [-0.2, -0.15) is 5.26 Å². The number of piperidine rings is 1. The Morgan fingerprint density at radius 2 is 1.89 bits per heavy atom. The third-order valence-corrected chi connectivity index (χ3v) is 3.57. The molecule has 1 saturated heterocycles. The molecular formula is C14H17F2N3. The number of nitrogens with one attached hydrogen (secondary N) is 1. The molecule has 1 aliphatic rings. The van der Waals surface area contributed by atoms with Gasteiger partial charge < -0.3 is 10.2 Å². The van der Waals surface area contributed by atoms with E-state index in [1.165, 1.54) is 0 Å². The lowest BCUT2D eigenvalue weighted by Crippen LogP contribution is -2.37. The minimum absolute atomic E-state index is 0.00177. The van der Waals surface area contributed by atoms with Crippen LogP contribution in [0.25, 0.3) is 0 Å². The van der Waals surface area contributed by atoms with Gasteiger partial charge in [-0.05, 0) is 44.5 Å². The van der Waals surface area contributed by atoms with Gasteiger partial charge in [0.15, 0.2) is 11.6 Å². The fourth-order valence-corrected chi connectivity index (χ4v) is 2.58. The molecule has 0 radical (unpaired) electrons. The average molecular weight is 265 g/mol. The molecule has 19 heavy (non-hydrogen) atoms. The van der Waals surface area contributed by atoms with Gasteiger partial charge in [-0.3, -0.25) is 0 Å². The van der Waals surface area contributed by atoms with Crippen LogP contribution in [0, 0.1) is 28.9 Å². The van der Waals surface area contributed by atoms with Gasteiger partial charge in [0, 0.05) is 13.1 Å². The first-order valence-electron chi connectivity index (χ1n) is 6.44. The van der Waals surface area contributed by atoms with Crippen molar-refractivity contribution in [3.63, 3.8) is 0 Å². The number of nitrogens with zero attached hydrogens (tertiary/aromatic N) is 2. The van der Waals surface area contributed by atoms with E-state index < -0.39 is 11.6 Å². The normalized spacial score (nSPS) is 16.4. The lowest BCUT2D eigenvalue weighted by Gasteiger charge is -2.33. The summed E-state index contributed by atoms with van der Waals surface area (Å²) in [5.41, 5.74) is 0.0192. The standard InChI is InChI=1S/C14H17F2N3/c1-18-9-10-2-4-19(5-3-10)14-12(15)6-11(8-17)7-13(14)16/h6-7,10,18H,2-5,9H2,1H3. The summed E-state index contributed by atoms with van der Waals surface area (Å²) in [6.07, 6.45) is 1.83. The number of hydrogen-bond donors (Lipinski definition) is 1. The lowest BCUT2D eigenvalue weighted by atomic mass is 9.96. The van der Waals surface area contributed by atoms with Crippen LogP contribution in [0.3, 0.4) is 0 Å². The van der Waals surface area contributed by atoms with Crippen molar-refractivity contribution in [2.45, 2.75) is 12.8 Å². The minimum Gasteiger partial charge on any atom is -0.367 e. The summed E-state index contributed by atoms with van der Waals surface area (Å²) in [5, 5.41) is 11.8. The third-order valence-electron chi connectivity index (χ3n) is 3.57. The lowest BCUT2D eigenvalue weighted by molar-refractivity contribution is 0.388. The summed E-state index contributed by atoms with van der Waals surface area (Å²) in [7, 11) is 1.91. The highest BCUT2D eigenvalue weighted by Gasteiger charge is 2.23. The molecule has 0 aliphatic carbocycles. The summed E-state index contributed by atoms with van der Waals surface area (Å²) < 4.78 is 27.8. The molecule has 0 saturated carbocycles. The van der Waals surface area contributed by atoms with Crippen LogP contribution in [0.5, 0.6) is 0 Å². The number of anilines is 1. The quantitative estimate of drug-likeness (QED) is 0.911. The van der Waals surface area contributed by atoms with E-state index in [2.05, 4.69) is 5.32 Å². The fraction of sp³-hybridized carbons (Fsp3) is 0.500. The molecule has 0 spiro atoms. The summed E-state index contributed by atoms with van der Waals surface area (Å²) in [6.45, 7) is 2.23. The van der Waals surface area contributed by atoms with Gasteiger partial charge in [0.2, 0.25) is 0 Å². The number of nitriles is 1. The second-order valence-electron chi connectivity index (χ2n) is 4.89. The van der Waals surface area contributed by atoms with Crippen LogP contribution in [-0.4, -0.2) is 26.7 Å². The monoisotopic (exact) mass is 265 g/mol. The van der Waals surface area contributed by atoms with Gasteiger partial charge in [0.1, 0.15) is 5.69 Å². The smallest absolute Gasteiger partial charge is 0.150 e. The maximum atomic E-state index is 13.9. The number of halogens is 2. The van der Waals surface area contributed by atoms with Crippen molar-refractivity contribution in [2.24, 2.45) is 5.92 Å². The Hall–Kier alpha value is -1.67. The number of benzene rings is 1. The van der Waals surface area contributed by atoms with Gasteiger partial charge in [-0.1, -0.05) is 0 Å². The van der Waals surface area contributed by atoms with E-state index in [0.29, 0.717) is 19.0 Å². The summed E-state index contributed by atoms with van der Waals surface area (Å²) >= 11 is 0. The Labute approximate surface area is 111 Å². The number of rotatable bonds is 3. The highest BCUT2D eigenvalue weighted by molar-refractivity contribution is 5.52. The van der Waals surface area contributed by atoms with Crippen molar-refractivity contribution < 1.29 is 8.78 Å². The van der Waals surface area contributed by atoms with E-state index in [4.69, 9.17) is 5.26 Å². The van der Waals surface area contributed by atoms with Gasteiger partial charge in [-0.25, -0.2) is 8.78 Å². The molecule has 2 rings (SSSR count). The van der Waals surface area contributed by atoms with Crippen LogP contribution in [0.4, 0.5) is 14.5 Å². The molecule has 1 aromatic rings. The first-order valence-corrected chi connectivity index (χ1v) is 6.44. The van der Waals surface area contributed by atoms with E-state index in [0.717, 1.165) is 31.5 Å². The van der Waals surface area contributed by atoms with Gasteiger partial charge >= 0.3 is 0 Å². The topological polar surface area (TPSA) is 39.1 Å². The van der Waals surface area contributed by atoms with Crippen LogP contribution in [0.1, 0.15) is 18.4 Å². The van der Waals surface area contributed by atoms with Crippen molar-refractivity contribution >= 4 is 5.69 Å². The van der Waals surface area contributed by atoms with Crippen LogP contribution in [0.15, 0.2) is 12.1 Å². The molecule has 1 N–H and O–H groups in total. The Bertz CT molecular complexity index is 465. The van der Waals surface area contributed by atoms with Crippen molar-refractivity contribution in [3.8, 4) is 6.07 Å².